The summed E-state index contributed by atoms with van der Waals surface area (Å²) < 4.78 is 18.2. The summed E-state index contributed by atoms with van der Waals surface area (Å²) in [5.41, 5.74) is 2.62. The molecule has 0 saturated carbocycles. The van der Waals surface area contributed by atoms with E-state index < -0.39 is 6.23 Å². The largest absolute Gasteiger partial charge is 0.454 e. The molecular weight excluding hydrogens is 496 g/mol. The maximum Gasteiger partial charge on any atom is 0.247 e. The molecule has 164 valence electrons. The monoisotopic (exact) mass is 514 g/mol. The quantitative estimate of drug-likeness (QED) is 0.450. The van der Waals surface area contributed by atoms with E-state index in [1.54, 1.807) is 4.90 Å². The molecule has 1 aromatic heterocycles. The second kappa shape index (κ2) is 8.59. The van der Waals surface area contributed by atoms with E-state index >= 15 is 0 Å². The average Bonchev–Trinajstić information content (AvgIpc) is 3.20. The van der Waals surface area contributed by atoms with Gasteiger partial charge in [0.2, 0.25) is 30.0 Å². The van der Waals surface area contributed by atoms with Crippen molar-refractivity contribution in [3.8, 4) is 28.6 Å². The zero-order valence-electron chi connectivity index (χ0n) is 17.4. The number of benzene rings is 2. The van der Waals surface area contributed by atoms with Crippen molar-refractivity contribution in [2.45, 2.75) is 31.7 Å². The molecule has 0 saturated heterocycles. The smallest absolute Gasteiger partial charge is 0.247 e. The molecule has 0 radical (unpaired) electrons. The van der Waals surface area contributed by atoms with Gasteiger partial charge in [0, 0.05) is 22.0 Å². The number of hydrogen-bond donors (Lipinski definition) is 0. The van der Waals surface area contributed by atoms with Crippen LogP contribution in [0.2, 0.25) is 0 Å². The van der Waals surface area contributed by atoms with Crippen molar-refractivity contribution in [3.63, 3.8) is 0 Å². The van der Waals surface area contributed by atoms with Gasteiger partial charge in [-0.1, -0.05) is 59.7 Å². The maximum atomic E-state index is 13.2. The van der Waals surface area contributed by atoms with Gasteiger partial charge in [0.25, 0.3) is 0 Å². The normalized spacial score (nSPS) is 16.1. The van der Waals surface area contributed by atoms with E-state index in [1.165, 1.54) is 11.8 Å². The summed E-state index contributed by atoms with van der Waals surface area (Å²) in [4.78, 5) is 19.5. The first-order chi connectivity index (χ1) is 15.6. The van der Waals surface area contributed by atoms with Crippen LogP contribution in [0.5, 0.6) is 17.4 Å². The Morgan fingerprint density at radius 1 is 1.19 bits per heavy atom. The number of rotatable bonds is 4. The first kappa shape index (κ1) is 21.0. The lowest BCUT2D eigenvalue weighted by Crippen LogP contribution is -2.37. The predicted molar refractivity (Wildman–Crippen MR) is 123 cm³/mol. The molecule has 8 nitrogen and oxygen atoms in total. The lowest BCUT2D eigenvalue weighted by molar-refractivity contribution is -0.120. The summed E-state index contributed by atoms with van der Waals surface area (Å²) in [6.07, 6.45) is -0.507. The lowest BCUT2D eigenvalue weighted by Gasteiger charge is -2.31. The molecule has 0 bridgehead atoms. The number of carbonyl (C=O) groups is 1. The number of aromatic nitrogens is 3. The highest BCUT2D eigenvalue weighted by atomic mass is 79.9. The fourth-order valence-electron chi connectivity index (χ4n) is 3.67. The minimum atomic E-state index is -0.801. The Morgan fingerprint density at radius 2 is 1.97 bits per heavy atom. The number of fused-ring (bicyclic) bond motifs is 4. The Labute approximate surface area is 197 Å². The summed E-state index contributed by atoms with van der Waals surface area (Å²) in [6, 6.07) is 11.2. The van der Waals surface area contributed by atoms with Crippen LogP contribution in [0.4, 0.5) is 5.69 Å². The van der Waals surface area contributed by atoms with Crippen LogP contribution in [0.25, 0.3) is 11.3 Å². The van der Waals surface area contributed by atoms with Crippen LogP contribution in [0.3, 0.4) is 0 Å². The number of anilines is 1. The number of halogens is 1. The molecule has 2 aliphatic heterocycles. The van der Waals surface area contributed by atoms with Crippen LogP contribution in [0, 0.1) is 0 Å². The number of thioether (sulfide) groups is 1. The molecule has 0 fully saturated rings. The fourth-order valence-corrected chi connectivity index (χ4v) is 4.69. The van der Waals surface area contributed by atoms with Crippen LogP contribution < -0.4 is 19.1 Å². The molecule has 0 N–H and O–H groups in total. The first-order valence-electron chi connectivity index (χ1n) is 10.1. The van der Waals surface area contributed by atoms with Crippen molar-refractivity contribution in [1.82, 2.24) is 15.2 Å². The van der Waals surface area contributed by atoms with Crippen molar-refractivity contribution >= 4 is 39.3 Å². The highest BCUT2D eigenvalue weighted by Gasteiger charge is 2.37. The third-order valence-electron chi connectivity index (χ3n) is 5.11. The zero-order chi connectivity index (χ0) is 22.2. The molecule has 10 heteroatoms. The number of amides is 1. The Morgan fingerprint density at radius 3 is 2.75 bits per heavy atom. The van der Waals surface area contributed by atoms with Crippen LogP contribution >= 0.6 is 27.7 Å². The molecule has 0 aliphatic carbocycles. The van der Waals surface area contributed by atoms with Crippen molar-refractivity contribution in [2.24, 2.45) is 0 Å². The lowest BCUT2D eigenvalue weighted by atomic mass is 10.1. The molecule has 3 aromatic rings. The number of para-hydroxylation sites is 1. The number of ether oxygens (including phenoxy) is 3. The van der Waals surface area contributed by atoms with Crippen molar-refractivity contribution < 1.29 is 19.0 Å². The van der Waals surface area contributed by atoms with Crippen molar-refractivity contribution in [2.75, 3.05) is 17.4 Å². The van der Waals surface area contributed by atoms with Crippen molar-refractivity contribution in [3.05, 3.63) is 46.4 Å². The summed E-state index contributed by atoms with van der Waals surface area (Å²) in [5.74, 6) is 2.25. The van der Waals surface area contributed by atoms with Gasteiger partial charge < -0.3 is 14.2 Å². The molecule has 1 amide bonds. The van der Waals surface area contributed by atoms with Gasteiger partial charge in [-0.2, -0.15) is 4.98 Å². The molecular formula is C22H19BrN4O4S. The summed E-state index contributed by atoms with van der Waals surface area (Å²) in [5, 5.41) is 9.18. The fraction of sp³-hybridized carbons (Fsp3) is 0.273. The third kappa shape index (κ3) is 3.57. The second-order valence-electron chi connectivity index (χ2n) is 7.01. The third-order valence-corrected chi connectivity index (χ3v) is 6.52. The van der Waals surface area contributed by atoms with Crippen LogP contribution in [0.15, 0.2) is 46.0 Å². The maximum absolute atomic E-state index is 13.2. The van der Waals surface area contributed by atoms with Gasteiger partial charge in [0.05, 0.1) is 5.69 Å². The Hall–Kier alpha value is -2.85. The molecule has 5 rings (SSSR count). The number of nitrogens with zero attached hydrogens (tertiary/aromatic N) is 4. The Bertz CT molecular complexity index is 1210. The minimum Gasteiger partial charge on any atom is -0.454 e. The van der Waals surface area contributed by atoms with Gasteiger partial charge >= 0.3 is 0 Å². The molecule has 3 heterocycles. The van der Waals surface area contributed by atoms with E-state index in [4.69, 9.17) is 14.2 Å². The minimum absolute atomic E-state index is 0.101. The number of hydrogen-bond acceptors (Lipinski definition) is 8. The van der Waals surface area contributed by atoms with Gasteiger partial charge in [-0.05, 0) is 24.0 Å². The molecule has 1 unspecified atom stereocenters. The van der Waals surface area contributed by atoms with Crippen LogP contribution in [-0.4, -0.2) is 33.6 Å². The van der Waals surface area contributed by atoms with Crippen molar-refractivity contribution in [1.29, 1.82) is 0 Å². The molecule has 32 heavy (non-hydrogen) atoms. The standard InChI is InChI=1S/C22H19BrN4O4S/c1-3-18(28)27-15-8-6-5-7-12(15)19-20(24-22(26-25-19)32-4-2)31-21(27)13-9-16-17(10-14(13)23)30-11-29-16/h5-10,21H,3-4,11H2,1-2H3. The second-order valence-corrected chi connectivity index (χ2v) is 9.10. The van der Waals surface area contributed by atoms with Gasteiger partial charge in [-0.25, -0.2) is 0 Å². The first-order valence-corrected chi connectivity index (χ1v) is 11.9. The topological polar surface area (TPSA) is 86.7 Å². The SMILES string of the molecule is CCSc1nnc2c(n1)OC(c1cc3c(cc1Br)OCO3)N(C(=O)CC)c1ccccc1-2. The summed E-state index contributed by atoms with van der Waals surface area (Å²) >= 11 is 5.10. The number of carbonyl (C=O) groups excluding carboxylic acids is 1. The van der Waals surface area contributed by atoms with E-state index in [0.29, 0.717) is 45.9 Å². The molecule has 2 aromatic carbocycles. The predicted octanol–water partition coefficient (Wildman–Crippen LogP) is 4.98. The summed E-state index contributed by atoms with van der Waals surface area (Å²) in [6.45, 7) is 3.99. The highest BCUT2D eigenvalue weighted by molar-refractivity contribution is 9.10. The zero-order valence-corrected chi connectivity index (χ0v) is 19.8. The van der Waals surface area contributed by atoms with Crippen LogP contribution in [-0.2, 0) is 4.79 Å². The molecule has 0 spiro atoms. The van der Waals surface area contributed by atoms with E-state index in [0.717, 1.165) is 15.8 Å². The summed E-state index contributed by atoms with van der Waals surface area (Å²) in [7, 11) is 0. The van der Waals surface area contributed by atoms with Gasteiger partial charge in [0.1, 0.15) is 0 Å². The van der Waals surface area contributed by atoms with E-state index in [-0.39, 0.29) is 12.7 Å². The highest BCUT2D eigenvalue weighted by Crippen LogP contribution is 2.47. The van der Waals surface area contributed by atoms with E-state index in [9.17, 15) is 4.79 Å². The van der Waals surface area contributed by atoms with E-state index in [1.807, 2.05) is 50.2 Å². The molecule has 1 atom stereocenters. The molecule has 2 aliphatic rings. The Balaban J connectivity index is 1.74. The van der Waals surface area contributed by atoms with Gasteiger partial charge in [-0.15, -0.1) is 10.2 Å². The average molecular weight is 515 g/mol. The van der Waals surface area contributed by atoms with Gasteiger partial charge in [0.15, 0.2) is 17.2 Å². The van der Waals surface area contributed by atoms with Crippen LogP contribution in [0.1, 0.15) is 32.1 Å². The Kier molecular flexibility index (Phi) is 5.64. The van der Waals surface area contributed by atoms with Gasteiger partial charge in [-0.3, -0.25) is 9.69 Å². The van der Waals surface area contributed by atoms with E-state index in [2.05, 4.69) is 31.1 Å².